The van der Waals surface area contributed by atoms with Gasteiger partial charge < -0.3 is 5.32 Å². The van der Waals surface area contributed by atoms with Gasteiger partial charge in [-0.2, -0.15) is 0 Å². The second-order valence-corrected chi connectivity index (χ2v) is 7.57. The van der Waals surface area contributed by atoms with Crippen molar-refractivity contribution in [2.45, 2.75) is 26.3 Å². The highest BCUT2D eigenvalue weighted by molar-refractivity contribution is 9.10. The fourth-order valence-electron chi connectivity index (χ4n) is 1.85. The largest absolute Gasteiger partial charge is 0.333 e. The first-order valence-corrected chi connectivity index (χ1v) is 8.63. The summed E-state index contributed by atoms with van der Waals surface area (Å²) in [6, 6.07) is 4.02. The molecule has 1 aromatic rings. The van der Waals surface area contributed by atoms with E-state index in [1.54, 1.807) is 11.8 Å². The molecule has 2 rings (SSSR count). The number of rotatable bonds is 2. The molecule has 1 atom stereocenters. The van der Waals surface area contributed by atoms with Gasteiger partial charge in [-0.05, 0) is 24.5 Å². The molecule has 1 unspecified atom stereocenters. The Bertz CT molecular complexity index is 482. The molecular formula is C13H15BrCl2N2S. The van der Waals surface area contributed by atoms with Gasteiger partial charge in [-0.1, -0.05) is 64.7 Å². The first kappa shape index (κ1) is 15.5. The molecule has 0 aliphatic carbocycles. The molecule has 0 amide bonds. The Morgan fingerprint density at radius 3 is 2.58 bits per heavy atom. The Morgan fingerprint density at radius 1 is 1.37 bits per heavy atom. The van der Waals surface area contributed by atoms with Crippen LogP contribution in [-0.4, -0.2) is 17.0 Å². The molecule has 0 radical (unpaired) electrons. The summed E-state index contributed by atoms with van der Waals surface area (Å²) in [6.45, 7) is 4.39. The Morgan fingerprint density at radius 2 is 2.00 bits per heavy atom. The van der Waals surface area contributed by atoms with Gasteiger partial charge in [0.15, 0.2) is 5.17 Å². The lowest BCUT2D eigenvalue weighted by Crippen LogP contribution is -2.24. The van der Waals surface area contributed by atoms with Crippen molar-refractivity contribution in [2.75, 3.05) is 11.1 Å². The average molecular weight is 382 g/mol. The number of amidine groups is 1. The zero-order valence-electron chi connectivity index (χ0n) is 10.7. The highest BCUT2D eigenvalue weighted by atomic mass is 79.9. The number of thioether (sulfide) groups is 1. The van der Waals surface area contributed by atoms with Crippen molar-refractivity contribution in [3.63, 3.8) is 0 Å². The van der Waals surface area contributed by atoms with Crippen molar-refractivity contribution in [1.29, 1.82) is 0 Å². The number of aliphatic imine (C=N–C) groups is 1. The Labute approximate surface area is 136 Å². The minimum absolute atomic E-state index is 0.372. The van der Waals surface area contributed by atoms with E-state index in [4.69, 9.17) is 28.2 Å². The highest BCUT2D eigenvalue weighted by Gasteiger charge is 2.20. The van der Waals surface area contributed by atoms with Gasteiger partial charge in [0.05, 0.1) is 21.8 Å². The van der Waals surface area contributed by atoms with Crippen molar-refractivity contribution >= 4 is 61.7 Å². The van der Waals surface area contributed by atoms with Gasteiger partial charge in [0.2, 0.25) is 0 Å². The van der Waals surface area contributed by atoms with E-state index < -0.39 is 0 Å². The Balaban J connectivity index is 2.22. The summed E-state index contributed by atoms with van der Waals surface area (Å²) in [7, 11) is 0. The van der Waals surface area contributed by atoms with Crippen LogP contribution in [0.25, 0.3) is 0 Å². The second-order valence-electron chi connectivity index (χ2n) is 4.75. The van der Waals surface area contributed by atoms with Crippen LogP contribution in [0, 0.1) is 5.92 Å². The standard InChI is InChI=1S/C13H15BrCl2N2S/c1-7(2)11-3-4-19-13(17-11)18-12-9(15)5-8(14)6-10(12)16/h5-7,11H,3-4H2,1-2H3,(H,17,18). The molecule has 6 heteroatoms. The molecular weight excluding hydrogens is 367 g/mol. The summed E-state index contributed by atoms with van der Waals surface area (Å²) >= 11 is 17.5. The van der Waals surface area contributed by atoms with E-state index >= 15 is 0 Å². The molecule has 1 aromatic carbocycles. The van der Waals surface area contributed by atoms with E-state index in [9.17, 15) is 0 Å². The predicted octanol–water partition coefficient (Wildman–Crippen LogP) is 5.69. The van der Waals surface area contributed by atoms with Gasteiger partial charge >= 0.3 is 0 Å². The summed E-state index contributed by atoms with van der Waals surface area (Å²) < 4.78 is 0.867. The van der Waals surface area contributed by atoms with Gasteiger partial charge in [0.25, 0.3) is 0 Å². The summed E-state index contributed by atoms with van der Waals surface area (Å²) in [5.41, 5.74) is 0.724. The zero-order chi connectivity index (χ0) is 14.0. The quantitative estimate of drug-likeness (QED) is 0.711. The smallest absolute Gasteiger partial charge is 0.161 e. The van der Waals surface area contributed by atoms with E-state index in [1.165, 1.54) is 0 Å². The lowest BCUT2D eigenvalue weighted by Gasteiger charge is -2.23. The minimum Gasteiger partial charge on any atom is -0.333 e. The Hall–Kier alpha value is 0.1000. The average Bonchev–Trinajstić information content (AvgIpc) is 2.34. The molecule has 19 heavy (non-hydrogen) atoms. The van der Waals surface area contributed by atoms with Crippen molar-refractivity contribution in [3.8, 4) is 0 Å². The summed E-state index contributed by atoms with van der Waals surface area (Å²) in [4.78, 5) is 4.72. The monoisotopic (exact) mass is 380 g/mol. The third kappa shape index (κ3) is 4.03. The first-order valence-electron chi connectivity index (χ1n) is 6.09. The maximum absolute atomic E-state index is 6.21. The lowest BCUT2D eigenvalue weighted by atomic mass is 10.0. The first-order chi connectivity index (χ1) is 8.97. The van der Waals surface area contributed by atoms with Crippen LogP contribution in [0.1, 0.15) is 20.3 Å². The molecule has 1 heterocycles. The number of nitrogens with one attached hydrogen (secondary N) is 1. The zero-order valence-corrected chi connectivity index (χ0v) is 14.6. The molecule has 1 N–H and O–H groups in total. The van der Waals surface area contributed by atoms with Crippen LogP contribution in [0.15, 0.2) is 21.6 Å². The van der Waals surface area contributed by atoms with Crippen LogP contribution >= 0.6 is 50.9 Å². The number of hydrogen-bond donors (Lipinski definition) is 1. The third-order valence-corrected chi connectivity index (χ3v) is 4.92. The van der Waals surface area contributed by atoms with Gasteiger partial charge in [0, 0.05) is 10.2 Å². The van der Waals surface area contributed by atoms with Crippen LogP contribution in [0.5, 0.6) is 0 Å². The molecule has 104 valence electrons. The number of halogens is 3. The molecule has 0 fully saturated rings. The van der Waals surface area contributed by atoms with Crippen LogP contribution in [0.2, 0.25) is 10.0 Å². The van der Waals surface area contributed by atoms with Gasteiger partial charge in [-0.15, -0.1) is 0 Å². The summed E-state index contributed by atoms with van der Waals surface area (Å²) in [6.07, 6.45) is 1.12. The maximum Gasteiger partial charge on any atom is 0.161 e. The van der Waals surface area contributed by atoms with Crippen molar-refractivity contribution in [1.82, 2.24) is 0 Å². The fraction of sp³-hybridized carbons (Fsp3) is 0.462. The number of anilines is 1. The van der Waals surface area contributed by atoms with E-state index in [1.807, 2.05) is 12.1 Å². The molecule has 0 bridgehead atoms. The third-order valence-electron chi connectivity index (χ3n) is 2.94. The number of hydrogen-bond acceptors (Lipinski definition) is 3. The molecule has 0 aromatic heterocycles. The molecule has 2 nitrogen and oxygen atoms in total. The minimum atomic E-state index is 0.372. The van der Waals surface area contributed by atoms with Crippen molar-refractivity contribution in [2.24, 2.45) is 10.9 Å². The van der Waals surface area contributed by atoms with Crippen molar-refractivity contribution in [3.05, 3.63) is 26.7 Å². The molecule has 0 saturated carbocycles. The summed E-state index contributed by atoms with van der Waals surface area (Å²) in [5, 5.41) is 5.34. The van der Waals surface area contributed by atoms with Crippen LogP contribution in [0.4, 0.5) is 5.69 Å². The lowest BCUT2D eigenvalue weighted by molar-refractivity contribution is 0.485. The van der Waals surface area contributed by atoms with Crippen molar-refractivity contribution < 1.29 is 0 Å². The van der Waals surface area contributed by atoms with Gasteiger partial charge in [-0.25, -0.2) is 0 Å². The summed E-state index contributed by atoms with van der Waals surface area (Å²) in [5.74, 6) is 1.62. The normalized spacial score (nSPS) is 19.5. The number of nitrogens with zero attached hydrogens (tertiary/aromatic N) is 1. The van der Waals surface area contributed by atoms with E-state index in [0.717, 1.165) is 27.5 Å². The Kier molecular flexibility index (Phi) is 5.46. The number of benzene rings is 1. The molecule has 0 saturated heterocycles. The molecule has 1 aliphatic rings. The van der Waals surface area contributed by atoms with Crippen LogP contribution in [0.3, 0.4) is 0 Å². The predicted molar refractivity (Wildman–Crippen MR) is 90.9 cm³/mol. The maximum atomic E-state index is 6.21. The molecule has 1 aliphatic heterocycles. The van der Waals surface area contributed by atoms with E-state index in [0.29, 0.717) is 22.0 Å². The molecule has 0 spiro atoms. The SMILES string of the molecule is CC(C)C1CCSC(Nc2c(Cl)cc(Br)cc2Cl)=N1. The van der Waals surface area contributed by atoms with Crippen LogP contribution in [-0.2, 0) is 0 Å². The van der Waals surface area contributed by atoms with E-state index in [2.05, 4.69) is 35.1 Å². The van der Waals surface area contributed by atoms with Gasteiger partial charge in [0.1, 0.15) is 0 Å². The highest BCUT2D eigenvalue weighted by Crippen LogP contribution is 2.35. The van der Waals surface area contributed by atoms with Gasteiger partial charge in [-0.3, -0.25) is 4.99 Å². The topological polar surface area (TPSA) is 24.4 Å². The van der Waals surface area contributed by atoms with Crippen LogP contribution < -0.4 is 5.32 Å². The second kappa shape index (κ2) is 6.70. The van der Waals surface area contributed by atoms with E-state index in [-0.39, 0.29) is 0 Å². The fourth-order valence-corrected chi connectivity index (χ4v) is 4.09.